The van der Waals surface area contributed by atoms with Crippen molar-refractivity contribution in [3.63, 3.8) is 0 Å². The highest BCUT2D eigenvalue weighted by molar-refractivity contribution is 7.84. The highest BCUT2D eigenvalue weighted by Gasteiger charge is 2.40. The molecule has 1 aliphatic rings. The minimum absolute atomic E-state index is 0.0829. The monoisotopic (exact) mass is 624 g/mol. The molecule has 2 heterocycles. The Hall–Kier alpha value is -4.18. The standard InChI is InChI=1S/C36H40N4O4S/c1-36(2,3)45(44)40-23-29-21-30(34(42)37-22-24-11-7-6-8-12-24)38-33(32(29)31(40)17-18-41)27-15-9-13-25(19-27)26-14-10-16-28(20-26)35(43)39(4)5/h6-16,19-21,31,41H,17-18,22-23H2,1-5H3,(H,37,42)/t31-,45?/m0/s1. The van der Waals surface area contributed by atoms with Gasteiger partial charge in [0.05, 0.1) is 16.5 Å². The van der Waals surface area contributed by atoms with Crippen LogP contribution in [0.25, 0.3) is 22.4 Å². The largest absolute Gasteiger partial charge is 0.396 e. The Morgan fingerprint density at radius 2 is 1.62 bits per heavy atom. The second-order valence-electron chi connectivity index (χ2n) is 12.4. The number of rotatable bonds is 9. The zero-order valence-electron chi connectivity index (χ0n) is 26.4. The highest BCUT2D eigenvalue weighted by atomic mass is 32.2. The van der Waals surface area contributed by atoms with Crippen LogP contribution in [0.1, 0.15) is 70.8 Å². The number of pyridine rings is 1. The van der Waals surface area contributed by atoms with E-state index in [0.717, 1.165) is 33.4 Å². The summed E-state index contributed by atoms with van der Waals surface area (Å²) in [6.07, 6.45) is 0.372. The Labute approximate surface area is 267 Å². The van der Waals surface area contributed by atoms with Gasteiger partial charge in [-0.1, -0.05) is 60.7 Å². The van der Waals surface area contributed by atoms with Crippen molar-refractivity contribution in [2.45, 2.75) is 51.1 Å². The van der Waals surface area contributed by atoms with Crippen LogP contribution in [0.2, 0.25) is 0 Å². The zero-order chi connectivity index (χ0) is 32.3. The molecule has 2 atom stereocenters. The van der Waals surface area contributed by atoms with E-state index in [0.29, 0.717) is 30.8 Å². The molecule has 5 rings (SSSR count). The molecule has 0 fully saturated rings. The lowest BCUT2D eigenvalue weighted by Gasteiger charge is -2.30. The van der Waals surface area contributed by atoms with Crippen molar-refractivity contribution in [1.82, 2.24) is 19.5 Å². The van der Waals surface area contributed by atoms with E-state index in [1.807, 2.05) is 97.9 Å². The van der Waals surface area contributed by atoms with Crippen molar-refractivity contribution in [2.24, 2.45) is 0 Å². The van der Waals surface area contributed by atoms with Gasteiger partial charge in [0.15, 0.2) is 0 Å². The van der Waals surface area contributed by atoms with Gasteiger partial charge in [-0.05, 0) is 73.7 Å². The normalized spacial score (nSPS) is 15.4. The van der Waals surface area contributed by atoms with E-state index >= 15 is 0 Å². The number of fused-ring (bicyclic) bond motifs is 1. The number of benzene rings is 3. The van der Waals surface area contributed by atoms with Gasteiger partial charge < -0.3 is 15.3 Å². The van der Waals surface area contributed by atoms with Gasteiger partial charge in [-0.2, -0.15) is 0 Å². The first-order valence-corrected chi connectivity index (χ1v) is 16.2. The zero-order valence-corrected chi connectivity index (χ0v) is 27.2. The van der Waals surface area contributed by atoms with Gasteiger partial charge >= 0.3 is 0 Å². The Kier molecular flexibility index (Phi) is 9.62. The smallest absolute Gasteiger partial charge is 0.270 e. The van der Waals surface area contributed by atoms with Gasteiger partial charge in [-0.15, -0.1) is 0 Å². The fourth-order valence-corrected chi connectivity index (χ4v) is 7.01. The number of carbonyl (C=O) groups is 2. The summed E-state index contributed by atoms with van der Waals surface area (Å²) in [6, 6.07) is 26.5. The molecular weight excluding hydrogens is 584 g/mol. The van der Waals surface area contributed by atoms with Crippen molar-refractivity contribution >= 4 is 22.8 Å². The molecule has 1 aromatic heterocycles. The Bertz CT molecular complexity index is 1730. The molecule has 4 aromatic rings. The third-order valence-corrected chi connectivity index (χ3v) is 9.66. The SMILES string of the molecule is CN(C)C(=O)c1cccc(-c2cccc(-c3nc(C(=O)NCc4ccccc4)cc4c3[C@H](CCO)N(S(=O)C(C)(C)C)C4)c2)c1. The van der Waals surface area contributed by atoms with Gasteiger partial charge in [-0.25, -0.2) is 13.5 Å². The predicted octanol–water partition coefficient (Wildman–Crippen LogP) is 5.75. The Balaban J connectivity index is 1.61. The molecule has 0 spiro atoms. The molecule has 0 saturated heterocycles. The average molecular weight is 625 g/mol. The van der Waals surface area contributed by atoms with E-state index in [2.05, 4.69) is 5.32 Å². The maximum absolute atomic E-state index is 13.7. The third kappa shape index (κ3) is 7.06. The van der Waals surface area contributed by atoms with E-state index < -0.39 is 15.7 Å². The van der Waals surface area contributed by atoms with E-state index in [9.17, 15) is 18.9 Å². The van der Waals surface area contributed by atoms with Crippen LogP contribution in [0, 0.1) is 0 Å². The maximum atomic E-state index is 13.7. The molecule has 0 bridgehead atoms. The molecule has 0 aliphatic carbocycles. The molecular formula is C36H40N4O4S. The molecule has 8 nitrogen and oxygen atoms in total. The van der Waals surface area contributed by atoms with Crippen molar-refractivity contribution in [3.05, 3.63) is 113 Å². The summed E-state index contributed by atoms with van der Waals surface area (Å²) in [5, 5.41) is 13.1. The number of hydrogen-bond acceptors (Lipinski definition) is 5. The lowest BCUT2D eigenvalue weighted by Crippen LogP contribution is -2.36. The summed E-state index contributed by atoms with van der Waals surface area (Å²) < 4.78 is 15.1. The van der Waals surface area contributed by atoms with Crippen LogP contribution in [-0.4, -0.2) is 60.8 Å². The Morgan fingerprint density at radius 1 is 0.956 bits per heavy atom. The first-order chi connectivity index (χ1) is 21.5. The number of hydrogen-bond donors (Lipinski definition) is 2. The van der Waals surface area contributed by atoms with Crippen LogP contribution in [0.3, 0.4) is 0 Å². The first kappa shape index (κ1) is 32.2. The van der Waals surface area contributed by atoms with Crippen LogP contribution in [0.5, 0.6) is 0 Å². The summed E-state index contributed by atoms with van der Waals surface area (Å²) in [6.45, 7) is 6.44. The van der Waals surface area contributed by atoms with E-state index in [1.165, 1.54) is 0 Å². The van der Waals surface area contributed by atoms with E-state index in [1.54, 1.807) is 31.1 Å². The number of amides is 2. The highest BCUT2D eigenvalue weighted by Crippen LogP contribution is 2.44. The molecule has 0 saturated carbocycles. The van der Waals surface area contributed by atoms with Gasteiger partial charge in [0.1, 0.15) is 16.7 Å². The summed E-state index contributed by atoms with van der Waals surface area (Å²) in [7, 11) is 2.08. The number of aromatic nitrogens is 1. The number of aliphatic hydroxyl groups is 1. The van der Waals surface area contributed by atoms with Crippen LogP contribution >= 0.6 is 0 Å². The molecule has 2 amide bonds. The van der Waals surface area contributed by atoms with Gasteiger partial charge in [0.2, 0.25) is 0 Å². The van der Waals surface area contributed by atoms with Crippen LogP contribution in [0.15, 0.2) is 84.9 Å². The van der Waals surface area contributed by atoms with Crippen molar-refractivity contribution < 1.29 is 18.9 Å². The summed E-state index contributed by atoms with van der Waals surface area (Å²) in [5.74, 6) is -0.386. The van der Waals surface area contributed by atoms with Crippen molar-refractivity contribution in [3.8, 4) is 22.4 Å². The molecule has 3 aromatic carbocycles. The van der Waals surface area contributed by atoms with Crippen LogP contribution < -0.4 is 5.32 Å². The quantitative estimate of drug-likeness (QED) is 0.247. The lowest BCUT2D eigenvalue weighted by atomic mass is 9.93. The molecule has 45 heavy (non-hydrogen) atoms. The molecule has 234 valence electrons. The van der Waals surface area contributed by atoms with Crippen LogP contribution in [-0.2, 0) is 24.1 Å². The fourth-order valence-electron chi connectivity index (χ4n) is 5.61. The number of carbonyl (C=O) groups excluding carboxylic acids is 2. The molecule has 2 N–H and O–H groups in total. The number of nitrogens with one attached hydrogen (secondary N) is 1. The first-order valence-electron chi connectivity index (χ1n) is 15.1. The predicted molar refractivity (Wildman–Crippen MR) is 179 cm³/mol. The second kappa shape index (κ2) is 13.4. The third-order valence-electron chi connectivity index (χ3n) is 7.80. The number of aliphatic hydroxyl groups excluding tert-OH is 1. The minimum Gasteiger partial charge on any atom is -0.396 e. The van der Waals surface area contributed by atoms with Crippen molar-refractivity contribution in [2.75, 3.05) is 20.7 Å². The molecule has 1 unspecified atom stereocenters. The maximum Gasteiger partial charge on any atom is 0.270 e. The number of nitrogens with zero attached hydrogens (tertiary/aromatic N) is 3. The molecule has 9 heteroatoms. The fraction of sp³-hybridized carbons (Fsp3) is 0.306. The average Bonchev–Trinajstić information content (AvgIpc) is 3.40. The second-order valence-corrected chi connectivity index (χ2v) is 14.6. The summed E-state index contributed by atoms with van der Waals surface area (Å²) in [5.41, 5.74) is 6.74. The van der Waals surface area contributed by atoms with E-state index in [4.69, 9.17) is 4.98 Å². The molecule has 0 radical (unpaired) electrons. The van der Waals surface area contributed by atoms with Crippen molar-refractivity contribution in [1.29, 1.82) is 0 Å². The lowest BCUT2D eigenvalue weighted by molar-refractivity contribution is 0.0827. The van der Waals surface area contributed by atoms with Crippen LogP contribution in [0.4, 0.5) is 0 Å². The summed E-state index contributed by atoms with van der Waals surface area (Å²) >= 11 is 0. The van der Waals surface area contributed by atoms with Gasteiger partial charge in [0, 0.05) is 50.5 Å². The molecule has 1 aliphatic heterocycles. The van der Waals surface area contributed by atoms with Gasteiger partial charge in [-0.3, -0.25) is 9.59 Å². The Morgan fingerprint density at radius 3 is 2.29 bits per heavy atom. The van der Waals surface area contributed by atoms with Gasteiger partial charge in [0.25, 0.3) is 11.8 Å². The summed E-state index contributed by atoms with van der Waals surface area (Å²) in [4.78, 5) is 32.7. The van der Waals surface area contributed by atoms with E-state index in [-0.39, 0.29) is 30.2 Å². The minimum atomic E-state index is -1.37. The topological polar surface area (TPSA) is 103 Å².